The molecule has 0 bridgehead atoms. The SMILES string of the molecule is O=C(Cc1cc(F)cc(Br)c1)CC1CCCO1. The lowest BCUT2D eigenvalue weighted by Crippen LogP contribution is -2.14. The van der Waals surface area contributed by atoms with E-state index in [1.165, 1.54) is 12.1 Å². The Bertz CT molecular complexity index is 394. The number of Topliss-reactive ketones (excluding diaryl/α,β-unsaturated/α-hetero) is 1. The monoisotopic (exact) mass is 300 g/mol. The second-order valence-electron chi connectivity index (χ2n) is 4.33. The van der Waals surface area contributed by atoms with Gasteiger partial charge in [0.1, 0.15) is 11.6 Å². The summed E-state index contributed by atoms with van der Waals surface area (Å²) in [7, 11) is 0. The molecular formula is C13H14BrFO2. The van der Waals surface area contributed by atoms with Crippen LogP contribution in [0.3, 0.4) is 0 Å². The Labute approximate surface area is 108 Å². The van der Waals surface area contributed by atoms with E-state index in [0.29, 0.717) is 16.5 Å². The molecule has 2 nitrogen and oxygen atoms in total. The zero-order valence-corrected chi connectivity index (χ0v) is 11.0. The van der Waals surface area contributed by atoms with Crippen LogP contribution < -0.4 is 0 Å². The Hall–Kier alpha value is -0.740. The van der Waals surface area contributed by atoms with Gasteiger partial charge in [-0.3, -0.25) is 4.79 Å². The number of halogens is 2. The van der Waals surface area contributed by atoms with Gasteiger partial charge in [0.2, 0.25) is 0 Å². The number of carbonyl (C=O) groups excluding carboxylic acids is 1. The average molecular weight is 301 g/mol. The molecule has 1 aliphatic heterocycles. The molecule has 0 radical (unpaired) electrons. The summed E-state index contributed by atoms with van der Waals surface area (Å²) in [6.45, 7) is 0.753. The molecule has 0 amide bonds. The van der Waals surface area contributed by atoms with Crippen LogP contribution in [-0.2, 0) is 16.0 Å². The molecule has 0 N–H and O–H groups in total. The molecule has 1 aromatic carbocycles. The molecule has 1 unspecified atom stereocenters. The third-order valence-electron chi connectivity index (χ3n) is 2.80. The molecule has 2 rings (SSSR count). The third-order valence-corrected chi connectivity index (χ3v) is 3.26. The number of ketones is 1. The Balaban J connectivity index is 1.92. The van der Waals surface area contributed by atoms with Crippen molar-refractivity contribution < 1.29 is 13.9 Å². The lowest BCUT2D eigenvalue weighted by atomic mass is 10.0. The largest absolute Gasteiger partial charge is 0.378 e. The zero-order chi connectivity index (χ0) is 12.3. The molecule has 0 saturated carbocycles. The van der Waals surface area contributed by atoms with Crippen LogP contribution in [-0.4, -0.2) is 18.5 Å². The van der Waals surface area contributed by atoms with Crippen molar-refractivity contribution in [3.63, 3.8) is 0 Å². The van der Waals surface area contributed by atoms with Crippen LogP contribution in [0.5, 0.6) is 0 Å². The van der Waals surface area contributed by atoms with Gasteiger partial charge in [-0.05, 0) is 36.6 Å². The molecular weight excluding hydrogens is 287 g/mol. The molecule has 4 heteroatoms. The summed E-state index contributed by atoms with van der Waals surface area (Å²) in [6, 6.07) is 4.56. The number of benzene rings is 1. The number of carbonyl (C=O) groups is 1. The molecule has 1 aliphatic rings. The predicted molar refractivity (Wildman–Crippen MR) is 66.4 cm³/mol. The highest BCUT2D eigenvalue weighted by molar-refractivity contribution is 9.10. The fraction of sp³-hybridized carbons (Fsp3) is 0.462. The molecule has 1 saturated heterocycles. The second kappa shape index (κ2) is 5.74. The fourth-order valence-corrected chi connectivity index (χ4v) is 2.58. The van der Waals surface area contributed by atoms with E-state index in [0.717, 1.165) is 19.4 Å². The molecule has 0 aliphatic carbocycles. The highest BCUT2D eigenvalue weighted by Gasteiger charge is 2.19. The van der Waals surface area contributed by atoms with Gasteiger partial charge in [-0.2, -0.15) is 0 Å². The quantitative estimate of drug-likeness (QED) is 0.853. The van der Waals surface area contributed by atoms with Crippen LogP contribution >= 0.6 is 15.9 Å². The number of ether oxygens (including phenoxy) is 1. The molecule has 1 heterocycles. The van der Waals surface area contributed by atoms with Gasteiger partial charge in [0.05, 0.1) is 6.10 Å². The first kappa shape index (κ1) is 12.7. The van der Waals surface area contributed by atoms with Crippen molar-refractivity contribution in [2.75, 3.05) is 6.61 Å². The van der Waals surface area contributed by atoms with Crippen LogP contribution in [0, 0.1) is 5.82 Å². The van der Waals surface area contributed by atoms with E-state index in [2.05, 4.69) is 15.9 Å². The van der Waals surface area contributed by atoms with Gasteiger partial charge in [-0.25, -0.2) is 4.39 Å². The summed E-state index contributed by atoms with van der Waals surface area (Å²) in [6.07, 6.45) is 2.77. The van der Waals surface area contributed by atoms with Gasteiger partial charge in [0.25, 0.3) is 0 Å². The third kappa shape index (κ3) is 3.89. The van der Waals surface area contributed by atoms with Crippen molar-refractivity contribution in [1.82, 2.24) is 0 Å². The smallest absolute Gasteiger partial charge is 0.139 e. The maximum atomic E-state index is 13.1. The van der Waals surface area contributed by atoms with Gasteiger partial charge in [0, 0.05) is 23.9 Å². The molecule has 1 atom stereocenters. The van der Waals surface area contributed by atoms with Crippen molar-refractivity contribution in [3.8, 4) is 0 Å². The highest BCUT2D eigenvalue weighted by atomic mass is 79.9. The molecule has 17 heavy (non-hydrogen) atoms. The van der Waals surface area contributed by atoms with E-state index in [4.69, 9.17) is 4.74 Å². The highest BCUT2D eigenvalue weighted by Crippen LogP contribution is 2.19. The lowest BCUT2D eigenvalue weighted by Gasteiger charge is -2.08. The van der Waals surface area contributed by atoms with E-state index in [-0.39, 0.29) is 24.1 Å². The maximum absolute atomic E-state index is 13.1. The van der Waals surface area contributed by atoms with Crippen molar-refractivity contribution in [3.05, 3.63) is 34.1 Å². The van der Waals surface area contributed by atoms with Crippen LogP contribution in [0.1, 0.15) is 24.8 Å². The van der Waals surface area contributed by atoms with Gasteiger partial charge < -0.3 is 4.74 Å². The number of rotatable bonds is 4. The molecule has 1 fully saturated rings. The maximum Gasteiger partial charge on any atom is 0.139 e. The van der Waals surface area contributed by atoms with Crippen molar-refractivity contribution >= 4 is 21.7 Å². The van der Waals surface area contributed by atoms with Crippen LogP contribution in [0.4, 0.5) is 4.39 Å². The topological polar surface area (TPSA) is 26.3 Å². The van der Waals surface area contributed by atoms with Gasteiger partial charge in [0.15, 0.2) is 0 Å². The van der Waals surface area contributed by atoms with E-state index in [1.807, 2.05) is 0 Å². The molecule has 92 valence electrons. The minimum atomic E-state index is -0.320. The Morgan fingerprint density at radius 3 is 2.94 bits per heavy atom. The van der Waals surface area contributed by atoms with E-state index in [1.54, 1.807) is 6.07 Å². The Morgan fingerprint density at radius 1 is 1.47 bits per heavy atom. The van der Waals surface area contributed by atoms with Gasteiger partial charge >= 0.3 is 0 Å². The summed E-state index contributed by atoms with van der Waals surface area (Å²) in [5.41, 5.74) is 0.708. The standard InChI is InChI=1S/C13H14BrFO2/c14-10-4-9(5-11(15)7-10)6-12(16)8-13-2-1-3-17-13/h4-5,7,13H,1-3,6,8H2. The minimum Gasteiger partial charge on any atom is -0.378 e. The summed E-state index contributed by atoms with van der Waals surface area (Å²) in [5.74, 6) is -0.214. The van der Waals surface area contributed by atoms with Crippen LogP contribution in [0.25, 0.3) is 0 Å². The van der Waals surface area contributed by atoms with Crippen LogP contribution in [0.2, 0.25) is 0 Å². The normalized spacial score (nSPS) is 19.5. The predicted octanol–water partition coefficient (Wildman–Crippen LogP) is 3.27. The summed E-state index contributed by atoms with van der Waals surface area (Å²) in [4.78, 5) is 11.8. The van der Waals surface area contributed by atoms with E-state index < -0.39 is 0 Å². The van der Waals surface area contributed by atoms with Crippen molar-refractivity contribution in [2.24, 2.45) is 0 Å². The summed E-state index contributed by atoms with van der Waals surface area (Å²) in [5, 5.41) is 0. The lowest BCUT2D eigenvalue weighted by molar-refractivity contribution is -0.120. The van der Waals surface area contributed by atoms with Gasteiger partial charge in [-0.15, -0.1) is 0 Å². The summed E-state index contributed by atoms with van der Waals surface area (Å²) >= 11 is 3.22. The fourth-order valence-electron chi connectivity index (χ4n) is 2.07. The van der Waals surface area contributed by atoms with Gasteiger partial charge in [-0.1, -0.05) is 15.9 Å². The Morgan fingerprint density at radius 2 is 2.29 bits per heavy atom. The molecule has 0 spiro atoms. The number of hydrogen-bond acceptors (Lipinski definition) is 2. The second-order valence-corrected chi connectivity index (χ2v) is 5.25. The summed E-state index contributed by atoms with van der Waals surface area (Å²) < 4.78 is 19.2. The Kier molecular flexibility index (Phi) is 4.29. The van der Waals surface area contributed by atoms with Crippen LogP contribution in [0.15, 0.2) is 22.7 Å². The average Bonchev–Trinajstić information content (AvgIpc) is 2.67. The molecule has 0 aromatic heterocycles. The minimum absolute atomic E-state index is 0.0690. The van der Waals surface area contributed by atoms with E-state index in [9.17, 15) is 9.18 Å². The first-order valence-electron chi connectivity index (χ1n) is 5.72. The first-order chi connectivity index (χ1) is 8.13. The van der Waals surface area contributed by atoms with Crippen molar-refractivity contribution in [1.29, 1.82) is 0 Å². The zero-order valence-electron chi connectivity index (χ0n) is 9.42. The molecule has 1 aromatic rings. The van der Waals surface area contributed by atoms with E-state index >= 15 is 0 Å². The van der Waals surface area contributed by atoms with Crippen molar-refractivity contribution in [2.45, 2.75) is 31.8 Å². The number of hydrogen-bond donors (Lipinski definition) is 0. The first-order valence-corrected chi connectivity index (χ1v) is 6.51.